The summed E-state index contributed by atoms with van der Waals surface area (Å²) in [4.78, 5) is 27.3. The van der Waals surface area contributed by atoms with Gasteiger partial charge in [0, 0.05) is 18.5 Å². The van der Waals surface area contributed by atoms with Crippen LogP contribution in [0.15, 0.2) is 63.2 Å². The molecule has 2 aliphatic carbocycles. The van der Waals surface area contributed by atoms with Crippen LogP contribution in [0.1, 0.15) is 33.6 Å². The fourth-order valence-corrected chi connectivity index (χ4v) is 7.33. The Labute approximate surface area is 199 Å². The normalized spacial score (nSPS) is 29.3. The van der Waals surface area contributed by atoms with Crippen LogP contribution in [0.2, 0.25) is 0 Å². The first-order chi connectivity index (χ1) is 15.9. The number of hydrogen-bond acceptors (Lipinski definition) is 6. The number of hydrogen-bond donors (Lipinski definition) is 3. The molecule has 0 aromatic heterocycles. The lowest BCUT2D eigenvalue weighted by atomic mass is 9.79. The predicted octanol–water partition coefficient (Wildman–Crippen LogP) is 2.86. The molecular weight excluding hydrogens is 454 g/mol. The van der Waals surface area contributed by atoms with Gasteiger partial charge in [-0.15, -0.1) is 0 Å². The van der Waals surface area contributed by atoms with Crippen LogP contribution < -0.4 is 11.1 Å². The third-order valence-electron chi connectivity index (χ3n) is 7.33. The topological polar surface area (TPSA) is 130 Å². The van der Waals surface area contributed by atoms with Crippen LogP contribution in [0.4, 0.5) is 5.69 Å². The van der Waals surface area contributed by atoms with Crippen molar-refractivity contribution in [1.29, 1.82) is 0 Å². The number of anilines is 1. The van der Waals surface area contributed by atoms with Gasteiger partial charge in [0.05, 0.1) is 16.3 Å². The summed E-state index contributed by atoms with van der Waals surface area (Å²) < 4.78 is 26.7. The molecule has 2 bridgehead atoms. The Bertz CT molecular complexity index is 1300. The molecule has 1 fully saturated rings. The molecule has 9 heteroatoms. The van der Waals surface area contributed by atoms with Crippen molar-refractivity contribution in [2.24, 2.45) is 28.9 Å². The van der Waals surface area contributed by atoms with E-state index in [1.165, 1.54) is 6.07 Å². The van der Waals surface area contributed by atoms with Crippen LogP contribution in [0.25, 0.3) is 0 Å². The number of nitrogens with two attached hydrogens (primary N) is 1. The zero-order chi connectivity index (χ0) is 24.6. The number of nitrogens with one attached hydrogen (secondary N) is 1. The van der Waals surface area contributed by atoms with Gasteiger partial charge < -0.3 is 21.1 Å². The average molecular weight is 484 g/mol. The molecule has 180 valence electrons. The molecule has 2 amide bonds. The van der Waals surface area contributed by atoms with E-state index < -0.39 is 26.6 Å². The van der Waals surface area contributed by atoms with Crippen LogP contribution in [0.5, 0.6) is 0 Å². The summed E-state index contributed by atoms with van der Waals surface area (Å²) in [5.74, 6) is -2.02. The highest BCUT2D eigenvalue weighted by molar-refractivity contribution is 7.96. The number of benzene rings is 1. The minimum Gasteiger partial charge on any atom is -0.511 e. The fraction of sp³-hybridized carbons (Fsp3) is 0.440. The first-order valence-electron chi connectivity index (χ1n) is 11.5. The van der Waals surface area contributed by atoms with Crippen molar-refractivity contribution >= 4 is 27.3 Å². The van der Waals surface area contributed by atoms with Gasteiger partial charge in [0.15, 0.2) is 4.91 Å². The van der Waals surface area contributed by atoms with Crippen LogP contribution >= 0.6 is 0 Å². The Morgan fingerprint density at radius 2 is 1.88 bits per heavy atom. The van der Waals surface area contributed by atoms with E-state index in [1.54, 1.807) is 23.1 Å². The largest absolute Gasteiger partial charge is 0.511 e. The van der Waals surface area contributed by atoms with Crippen molar-refractivity contribution in [3.8, 4) is 0 Å². The number of aliphatic hydroxyl groups is 1. The molecule has 34 heavy (non-hydrogen) atoms. The minimum absolute atomic E-state index is 0.0321. The number of aliphatic hydroxyl groups excluding tert-OH is 1. The molecule has 2 heterocycles. The van der Waals surface area contributed by atoms with Crippen molar-refractivity contribution in [3.63, 3.8) is 0 Å². The number of fused-ring (bicyclic) bond motifs is 6. The summed E-state index contributed by atoms with van der Waals surface area (Å²) in [5, 5.41) is 14.4. The molecule has 0 spiro atoms. The maximum absolute atomic E-state index is 13.9. The second-order valence-electron chi connectivity index (χ2n) is 10.7. The standard InChI is InChI=1S/C25H29N3O5S/c1-25(2,3)10-11-28-20-14-9-8-13(12-14)17(20)21(29)18(24(28)31)19-22(23(26)30)34(32,33)16-7-5-4-6-15(16)27-19/h4-9,13-14,17,20,27,29H,10-12H2,1-3H3,(H2,26,30). The van der Waals surface area contributed by atoms with Gasteiger partial charge in [-0.25, -0.2) is 8.42 Å². The number of carbonyl (C=O) groups excluding carboxylic acids is 2. The zero-order valence-electron chi connectivity index (χ0n) is 19.4. The Morgan fingerprint density at radius 1 is 1.21 bits per heavy atom. The summed E-state index contributed by atoms with van der Waals surface area (Å²) in [6.07, 6.45) is 5.71. The number of amides is 2. The zero-order valence-corrected chi connectivity index (χ0v) is 20.2. The van der Waals surface area contributed by atoms with Crippen LogP contribution in [-0.2, 0) is 19.4 Å². The first-order valence-corrected chi connectivity index (χ1v) is 13.0. The first kappa shape index (κ1) is 22.7. The van der Waals surface area contributed by atoms with Crippen molar-refractivity contribution < 1.29 is 23.1 Å². The molecule has 1 aromatic rings. The van der Waals surface area contributed by atoms with E-state index >= 15 is 0 Å². The van der Waals surface area contributed by atoms with E-state index in [1.807, 2.05) is 0 Å². The highest BCUT2D eigenvalue weighted by Crippen LogP contribution is 2.53. The Kier molecular flexibility index (Phi) is 4.99. The van der Waals surface area contributed by atoms with E-state index in [2.05, 4.69) is 38.2 Å². The monoisotopic (exact) mass is 483 g/mol. The maximum Gasteiger partial charge on any atom is 0.262 e. The number of primary amides is 1. The Morgan fingerprint density at radius 3 is 2.56 bits per heavy atom. The molecule has 1 saturated carbocycles. The Hall–Kier alpha value is -3.07. The highest BCUT2D eigenvalue weighted by Gasteiger charge is 2.55. The van der Waals surface area contributed by atoms with Gasteiger partial charge in [-0.3, -0.25) is 9.59 Å². The van der Waals surface area contributed by atoms with E-state index in [0.29, 0.717) is 6.54 Å². The van der Waals surface area contributed by atoms with Gasteiger partial charge in [-0.1, -0.05) is 45.1 Å². The summed E-state index contributed by atoms with van der Waals surface area (Å²) in [5.41, 5.74) is 5.33. The number of carbonyl (C=O) groups is 2. The van der Waals surface area contributed by atoms with Gasteiger partial charge in [0.1, 0.15) is 11.3 Å². The summed E-state index contributed by atoms with van der Waals surface area (Å²) in [6, 6.07) is 5.93. The number of para-hydroxylation sites is 1. The predicted molar refractivity (Wildman–Crippen MR) is 127 cm³/mol. The molecular formula is C25H29N3O5S. The SMILES string of the molecule is CC(C)(C)CCN1C(=O)C(C2=C(C(N)=O)S(=O)(=O)c3ccccc3N2)=C(O)C2C3C=CC(C3)C21. The lowest BCUT2D eigenvalue weighted by molar-refractivity contribution is -0.133. The maximum atomic E-state index is 13.9. The summed E-state index contributed by atoms with van der Waals surface area (Å²) in [7, 11) is -4.30. The van der Waals surface area contributed by atoms with Gasteiger partial charge in [0.25, 0.3) is 11.8 Å². The summed E-state index contributed by atoms with van der Waals surface area (Å²) in [6.45, 7) is 6.73. The molecule has 5 rings (SSSR count). The molecule has 4 aliphatic rings. The van der Waals surface area contributed by atoms with E-state index in [4.69, 9.17) is 5.73 Å². The van der Waals surface area contributed by atoms with Crippen LogP contribution in [0.3, 0.4) is 0 Å². The number of allylic oxidation sites excluding steroid dienone is 1. The quantitative estimate of drug-likeness (QED) is 0.565. The molecule has 1 aromatic carbocycles. The summed E-state index contributed by atoms with van der Waals surface area (Å²) >= 11 is 0. The molecule has 0 saturated heterocycles. The molecule has 4 atom stereocenters. The second-order valence-corrected chi connectivity index (χ2v) is 12.6. The van der Waals surface area contributed by atoms with Crippen LogP contribution in [0, 0.1) is 23.2 Å². The van der Waals surface area contributed by atoms with E-state index in [0.717, 1.165) is 12.8 Å². The third-order valence-corrected chi connectivity index (χ3v) is 9.21. The second kappa shape index (κ2) is 7.46. The van der Waals surface area contributed by atoms with Crippen LogP contribution in [-0.4, -0.2) is 42.8 Å². The van der Waals surface area contributed by atoms with E-state index in [-0.39, 0.29) is 56.8 Å². The number of sulfone groups is 1. The smallest absolute Gasteiger partial charge is 0.262 e. The molecule has 4 unspecified atom stereocenters. The van der Waals surface area contributed by atoms with E-state index in [9.17, 15) is 23.1 Å². The van der Waals surface area contributed by atoms with Crippen molar-refractivity contribution in [2.75, 3.05) is 11.9 Å². The minimum atomic E-state index is -4.30. The highest BCUT2D eigenvalue weighted by atomic mass is 32.2. The number of rotatable bonds is 4. The molecule has 8 nitrogen and oxygen atoms in total. The van der Waals surface area contributed by atoms with Gasteiger partial charge in [0.2, 0.25) is 9.84 Å². The third kappa shape index (κ3) is 3.28. The molecule has 2 aliphatic heterocycles. The lowest BCUT2D eigenvalue weighted by Crippen LogP contribution is -2.53. The number of nitrogens with zero attached hydrogens (tertiary/aromatic N) is 1. The van der Waals surface area contributed by atoms with Gasteiger partial charge in [-0.2, -0.15) is 0 Å². The van der Waals surface area contributed by atoms with Crippen molar-refractivity contribution in [1.82, 2.24) is 4.90 Å². The van der Waals surface area contributed by atoms with Crippen molar-refractivity contribution in [3.05, 3.63) is 58.4 Å². The molecule has 0 radical (unpaired) electrons. The van der Waals surface area contributed by atoms with Crippen molar-refractivity contribution in [2.45, 2.75) is 44.6 Å². The average Bonchev–Trinajstić information content (AvgIpc) is 3.34. The Balaban J connectivity index is 1.70. The van der Waals surface area contributed by atoms with Gasteiger partial charge in [-0.05, 0) is 42.2 Å². The fourth-order valence-electron chi connectivity index (χ4n) is 5.75. The lowest BCUT2D eigenvalue weighted by Gasteiger charge is -2.44. The molecule has 4 N–H and O–H groups in total. The van der Waals surface area contributed by atoms with Gasteiger partial charge >= 0.3 is 0 Å².